The van der Waals surface area contributed by atoms with Crippen LogP contribution in [0.4, 0.5) is 0 Å². The molecular weight excluding hydrogens is 440 g/mol. The topological polar surface area (TPSA) is 94.3 Å². The lowest BCUT2D eigenvalue weighted by molar-refractivity contribution is -0.128. The summed E-state index contributed by atoms with van der Waals surface area (Å²) in [5.74, 6) is -0.762. The van der Waals surface area contributed by atoms with Gasteiger partial charge in [0.05, 0.1) is 12.5 Å². The Labute approximate surface area is 203 Å². The molecule has 0 radical (unpaired) electrons. The van der Waals surface area contributed by atoms with Gasteiger partial charge in [0.15, 0.2) is 0 Å². The van der Waals surface area contributed by atoms with Crippen LogP contribution in [0.5, 0.6) is 0 Å². The molecule has 5 rings (SSSR count). The lowest BCUT2D eigenvalue weighted by Gasteiger charge is -2.26. The number of hydrogen-bond acceptors (Lipinski definition) is 3. The SMILES string of the molecule is Cc1[nH]c2ccccc2c1[C@H]1c2ccccc2C(=O)N1CCC(=O)NNC(=O)Cc1ccccc1. The van der Waals surface area contributed by atoms with E-state index in [-0.39, 0.29) is 43.1 Å². The molecule has 0 spiro atoms. The zero-order valence-corrected chi connectivity index (χ0v) is 19.4. The lowest BCUT2D eigenvalue weighted by atomic mass is 9.95. The standard InChI is InChI=1S/C28H26N4O3/c1-18-26(22-13-7-8-14-23(22)29-18)27-20-11-5-6-12-21(20)28(35)32(27)16-15-24(33)30-31-25(34)17-19-9-3-2-4-10-19/h2-14,27,29H,15-17H2,1H3,(H,30,33)(H,31,34)/t27-/m1/s1. The van der Waals surface area contributed by atoms with Crippen molar-refractivity contribution in [2.75, 3.05) is 6.54 Å². The normalized spacial score (nSPS) is 14.7. The summed E-state index contributed by atoms with van der Waals surface area (Å²) in [5, 5.41) is 1.06. The number of hydrazine groups is 1. The van der Waals surface area contributed by atoms with Crippen LogP contribution in [-0.4, -0.2) is 34.2 Å². The molecule has 2 heterocycles. The second kappa shape index (κ2) is 9.46. The Morgan fingerprint density at radius 1 is 0.886 bits per heavy atom. The molecule has 0 unspecified atom stereocenters. The molecule has 3 N–H and O–H groups in total. The Hall–Kier alpha value is -4.39. The van der Waals surface area contributed by atoms with E-state index in [2.05, 4.69) is 15.8 Å². The predicted molar refractivity (Wildman–Crippen MR) is 133 cm³/mol. The molecular formula is C28H26N4O3. The second-order valence-electron chi connectivity index (χ2n) is 8.71. The Balaban J connectivity index is 1.31. The Kier molecular flexibility index (Phi) is 6.06. The molecule has 7 heteroatoms. The van der Waals surface area contributed by atoms with Crippen molar-refractivity contribution in [3.63, 3.8) is 0 Å². The van der Waals surface area contributed by atoms with Gasteiger partial charge in [0.1, 0.15) is 0 Å². The van der Waals surface area contributed by atoms with E-state index in [0.29, 0.717) is 5.56 Å². The number of hydrogen-bond donors (Lipinski definition) is 3. The van der Waals surface area contributed by atoms with Crippen molar-refractivity contribution in [3.8, 4) is 0 Å². The average Bonchev–Trinajstić information content (AvgIpc) is 3.34. The quantitative estimate of drug-likeness (QED) is 0.377. The van der Waals surface area contributed by atoms with Crippen LogP contribution in [0.15, 0.2) is 78.9 Å². The molecule has 0 saturated heterocycles. The molecule has 3 aromatic carbocycles. The van der Waals surface area contributed by atoms with Gasteiger partial charge in [-0.3, -0.25) is 25.2 Å². The molecule has 0 aliphatic carbocycles. The number of aromatic nitrogens is 1. The van der Waals surface area contributed by atoms with E-state index in [1.165, 1.54) is 0 Å². The number of H-pyrrole nitrogens is 1. The Morgan fingerprint density at radius 2 is 1.57 bits per heavy atom. The van der Waals surface area contributed by atoms with Gasteiger partial charge in [-0.2, -0.15) is 0 Å². The summed E-state index contributed by atoms with van der Waals surface area (Å²) in [5.41, 5.74) is 10.4. The third-order valence-electron chi connectivity index (χ3n) is 6.40. The molecule has 0 fully saturated rings. The number of benzene rings is 3. The maximum Gasteiger partial charge on any atom is 0.255 e. The molecule has 1 aliphatic rings. The second-order valence-corrected chi connectivity index (χ2v) is 8.71. The summed E-state index contributed by atoms with van der Waals surface area (Å²) >= 11 is 0. The first-order valence-corrected chi connectivity index (χ1v) is 11.6. The average molecular weight is 467 g/mol. The maximum absolute atomic E-state index is 13.3. The van der Waals surface area contributed by atoms with Gasteiger partial charge in [-0.1, -0.05) is 66.7 Å². The molecule has 35 heavy (non-hydrogen) atoms. The van der Waals surface area contributed by atoms with Crippen LogP contribution in [0.3, 0.4) is 0 Å². The molecule has 3 amide bonds. The van der Waals surface area contributed by atoms with Crippen LogP contribution in [-0.2, 0) is 16.0 Å². The minimum atomic E-state index is -0.357. The summed E-state index contributed by atoms with van der Waals surface area (Å²) in [6, 6.07) is 24.6. The number of fused-ring (bicyclic) bond motifs is 2. The van der Waals surface area contributed by atoms with E-state index in [1.54, 1.807) is 4.90 Å². The van der Waals surface area contributed by atoms with E-state index in [0.717, 1.165) is 33.3 Å². The summed E-state index contributed by atoms with van der Waals surface area (Å²) in [6.07, 6.45) is 0.228. The minimum Gasteiger partial charge on any atom is -0.358 e. The molecule has 0 saturated carbocycles. The number of nitrogens with zero attached hydrogens (tertiary/aromatic N) is 1. The molecule has 1 aromatic heterocycles. The van der Waals surface area contributed by atoms with Gasteiger partial charge in [0.25, 0.3) is 5.91 Å². The van der Waals surface area contributed by atoms with Gasteiger partial charge < -0.3 is 9.88 Å². The van der Waals surface area contributed by atoms with E-state index < -0.39 is 0 Å². The summed E-state index contributed by atoms with van der Waals surface area (Å²) in [6.45, 7) is 2.23. The van der Waals surface area contributed by atoms with E-state index in [9.17, 15) is 14.4 Å². The number of carbonyl (C=O) groups is 3. The Morgan fingerprint density at radius 3 is 2.40 bits per heavy atom. The minimum absolute atomic E-state index is 0.0588. The first kappa shape index (κ1) is 22.4. The highest BCUT2D eigenvalue weighted by molar-refractivity contribution is 6.01. The summed E-state index contributed by atoms with van der Waals surface area (Å²) < 4.78 is 0. The van der Waals surface area contributed by atoms with Gasteiger partial charge in [0.2, 0.25) is 11.8 Å². The van der Waals surface area contributed by atoms with Crippen molar-refractivity contribution < 1.29 is 14.4 Å². The number of carbonyl (C=O) groups excluding carboxylic acids is 3. The summed E-state index contributed by atoms with van der Waals surface area (Å²) in [4.78, 5) is 43.2. The van der Waals surface area contributed by atoms with Gasteiger partial charge >= 0.3 is 0 Å². The lowest BCUT2D eigenvalue weighted by Crippen LogP contribution is -2.43. The number of aromatic amines is 1. The van der Waals surface area contributed by atoms with Crippen LogP contribution < -0.4 is 10.9 Å². The van der Waals surface area contributed by atoms with Crippen molar-refractivity contribution in [2.45, 2.75) is 25.8 Å². The number of nitrogens with one attached hydrogen (secondary N) is 3. The van der Waals surface area contributed by atoms with Gasteiger partial charge in [-0.05, 0) is 30.2 Å². The van der Waals surface area contributed by atoms with Crippen LogP contribution >= 0.6 is 0 Å². The van der Waals surface area contributed by atoms with Crippen LogP contribution in [0.2, 0.25) is 0 Å². The van der Waals surface area contributed by atoms with Gasteiger partial charge in [-0.25, -0.2) is 0 Å². The molecule has 1 atom stereocenters. The molecule has 7 nitrogen and oxygen atoms in total. The molecule has 4 aromatic rings. The third kappa shape index (κ3) is 4.40. The van der Waals surface area contributed by atoms with Crippen molar-refractivity contribution in [1.82, 2.24) is 20.7 Å². The first-order chi connectivity index (χ1) is 17.0. The smallest absolute Gasteiger partial charge is 0.255 e. The number of para-hydroxylation sites is 1. The fourth-order valence-electron chi connectivity index (χ4n) is 4.81. The summed E-state index contributed by atoms with van der Waals surface area (Å²) in [7, 11) is 0. The number of amides is 3. The van der Waals surface area contributed by atoms with Crippen molar-refractivity contribution >= 4 is 28.6 Å². The van der Waals surface area contributed by atoms with Crippen LogP contribution in [0, 0.1) is 6.92 Å². The van der Waals surface area contributed by atoms with Crippen molar-refractivity contribution in [2.24, 2.45) is 0 Å². The zero-order chi connectivity index (χ0) is 24.4. The van der Waals surface area contributed by atoms with E-state index >= 15 is 0 Å². The van der Waals surface area contributed by atoms with Crippen molar-refractivity contribution in [3.05, 3.63) is 107 Å². The predicted octanol–water partition coefficient (Wildman–Crippen LogP) is 3.80. The van der Waals surface area contributed by atoms with Gasteiger partial charge in [0, 0.05) is 40.7 Å². The fourth-order valence-corrected chi connectivity index (χ4v) is 4.81. The zero-order valence-electron chi connectivity index (χ0n) is 19.4. The highest BCUT2D eigenvalue weighted by Gasteiger charge is 2.39. The van der Waals surface area contributed by atoms with Crippen LogP contribution in [0.25, 0.3) is 10.9 Å². The third-order valence-corrected chi connectivity index (χ3v) is 6.40. The molecule has 0 bridgehead atoms. The van der Waals surface area contributed by atoms with E-state index in [1.807, 2.05) is 85.8 Å². The van der Waals surface area contributed by atoms with E-state index in [4.69, 9.17) is 0 Å². The largest absolute Gasteiger partial charge is 0.358 e. The Bertz CT molecular complexity index is 1410. The monoisotopic (exact) mass is 466 g/mol. The highest BCUT2D eigenvalue weighted by Crippen LogP contribution is 2.42. The van der Waals surface area contributed by atoms with Gasteiger partial charge in [-0.15, -0.1) is 0 Å². The maximum atomic E-state index is 13.3. The van der Waals surface area contributed by atoms with Crippen molar-refractivity contribution in [1.29, 1.82) is 0 Å². The number of aryl methyl sites for hydroxylation is 1. The fraction of sp³-hybridized carbons (Fsp3) is 0.179. The molecule has 1 aliphatic heterocycles. The van der Waals surface area contributed by atoms with Crippen LogP contribution in [0.1, 0.15) is 45.2 Å². The number of rotatable bonds is 6. The highest BCUT2D eigenvalue weighted by atomic mass is 16.2. The first-order valence-electron chi connectivity index (χ1n) is 11.6. The molecule has 176 valence electrons.